The molecule has 0 amide bonds. The van der Waals surface area contributed by atoms with Crippen molar-refractivity contribution < 1.29 is 5.03 Å². The Kier molecular flexibility index (Phi) is 3.00. The van der Waals surface area contributed by atoms with Gasteiger partial charge in [-0.3, -0.25) is 5.41 Å². The van der Waals surface area contributed by atoms with Crippen molar-refractivity contribution in [1.82, 2.24) is 9.91 Å². The van der Waals surface area contributed by atoms with E-state index >= 15 is 0 Å². The molecular weight excluding hydrogens is 186 g/mol. The number of aliphatic imine (C=N–C) groups is 1. The normalized spacial score (nSPS) is 15.6. The number of hydrogen-bond donors (Lipinski definition) is 1. The minimum atomic E-state index is -0.576. The van der Waals surface area contributed by atoms with E-state index in [1.54, 1.807) is 19.0 Å². The van der Waals surface area contributed by atoms with E-state index in [-0.39, 0.29) is 12.0 Å². The van der Waals surface area contributed by atoms with Crippen LogP contribution in [0.5, 0.6) is 0 Å². The first-order valence-corrected chi connectivity index (χ1v) is 4.25. The molecule has 1 N–H and O–H groups in total. The molecule has 0 atom stereocenters. The molecule has 1 saturated carbocycles. The minimum Gasteiger partial charge on any atom is -0.369 e. The van der Waals surface area contributed by atoms with Crippen LogP contribution in [0.2, 0.25) is 0 Å². The number of hydrazine groups is 1. The molecule has 0 saturated heterocycles. The van der Waals surface area contributed by atoms with Crippen LogP contribution in [0.25, 0.3) is 0 Å². The van der Waals surface area contributed by atoms with Crippen LogP contribution >= 0.6 is 0 Å². The summed E-state index contributed by atoms with van der Waals surface area (Å²) in [4.78, 5) is 15.9. The van der Waals surface area contributed by atoms with Crippen LogP contribution in [0.4, 0.5) is 0 Å². The van der Waals surface area contributed by atoms with Gasteiger partial charge in [0.25, 0.3) is 5.96 Å². The summed E-state index contributed by atoms with van der Waals surface area (Å²) < 4.78 is 0. The summed E-state index contributed by atoms with van der Waals surface area (Å²) in [6.07, 6.45) is 2.91. The van der Waals surface area contributed by atoms with Gasteiger partial charge in [0.05, 0.1) is 12.4 Å². The van der Waals surface area contributed by atoms with Crippen molar-refractivity contribution in [3.63, 3.8) is 0 Å². The SMILES string of the molecule is CN(C)C=NC(=N)N(C1CC1)[N+](=O)[O-]. The van der Waals surface area contributed by atoms with E-state index in [4.69, 9.17) is 5.41 Å². The molecule has 0 spiro atoms. The molecule has 1 fully saturated rings. The van der Waals surface area contributed by atoms with Crippen LogP contribution in [0.3, 0.4) is 0 Å². The molecule has 0 heterocycles. The van der Waals surface area contributed by atoms with Gasteiger partial charge in [-0.15, -0.1) is 0 Å². The number of guanidine groups is 1. The van der Waals surface area contributed by atoms with Gasteiger partial charge in [-0.05, 0) is 12.8 Å². The molecule has 1 aliphatic carbocycles. The lowest BCUT2D eigenvalue weighted by atomic mass is 10.6. The Bertz CT molecular complexity index is 271. The summed E-state index contributed by atoms with van der Waals surface area (Å²) in [5, 5.41) is 18.2. The zero-order valence-electron chi connectivity index (χ0n) is 8.17. The van der Waals surface area contributed by atoms with Crippen molar-refractivity contribution in [3.8, 4) is 0 Å². The maximum absolute atomic E-state index is 10.6. The predicted molar refractivity (Wildman–Crippen MR) is 51.8 cm³/mol. The average Bonchev–Trinajstić information content (AvgIpc) is 2.84. The predicted octanol–water partition coefficient (Wildman–Crippen LogP) is 0.167. The molecule has 1 aliphatic rings. The summed E-state index contributed by atoms with van der Waals surface area (Å²) in [6, 6.07) is -0.142. The van der Waals surface area contributed by atoms with Crippen molar-refractivity contribution in [2.24, 2.45) is 4.99 Å². The van der Waals surface area contributed by atoms with E-state index in [1.165, 1.54) is 6.34 Å². The first-order chi connectivity index (χ1) is 6.52. The monoisotopic (exact) mass is 199 g/mol. The van der Waals surface area contributed by atoms with E-state index in [2.05, 4.69) is 4.99 Å². The molecule has 0 bridgehead atoms. The molecule has 0 aromatic rings. The van der Waals surface area contributed by atoms with Crippen molar-refractivity contribution in [2.75, 3.05) is 14.1 Å². The lowest BCUT2D eigenvalue weighted by molar-refractivity contribution is -0.632. The molecule has 0 radical (unpaired) electrons. The van der Waals surface area contributed by atoms with Gasteiger partial charge >= 0.3 is 0 Å². The first-order valence-electron chi connectivity index (χ1n) is 4.25. The highest BCUT2D eigenvalue weighted by atomic mass is 16.7. The second-order valence-corrected chi connectivity index (χ2v) is 3.35. The average molecular weight is 199 g/mol. The molecule has 0 unspecified atom stereocenters. The minimum absolute atomic E-state index is 0.142. The van der Waals surface area contributed by atoms with Gasteiger partial charge in [0.1, 0.15) is 0 Å². The van der Waals surface area contributed by atoms with Crippen LogP contribution in [0, 0.1) is 15.5 Å². The van der Waals surface area contributed by atoms with E-state index in [9.17, 15) is 10.1 Å². The third kappa shape index (κ3) is 2.68. The molecule has 0 aliphatic heterocycles. The Morgan fingerprint density at radius 1 is 1.64 bits per heavy atom. The van der Waals surface area contributed by atoms with E-state index in [0.29, 0.717) is 0 Å². The van der Waals surface area contributed by atoms with E-state index in [1.807, 2.05) is 0 Å². The summed E-state index contributed by atoms with van der Waals surface area (Å²) >= 11 is 0. The van der Waals surface area contributed by atoms with Crippen LogP contribution in [0.1, 0.15) is 12.8 Å². The van der Waals surface area contributed by atoms with Crippen molar-refractivity contribution >= 4 is 12.3 Å². The number of nitrogens with zero attached hydrogens (tertiary/aromatic N) is 4. The number of hydrogen-bond acceptors (Lipinski definition) is 3. The van der Waals surface area contributed by atoms with Gasteiger partial charge < -0.3 is 4.90 Å². The third-order valence-electron chi connectivity index (χ3n) is 1.70. The first kappa shape index (κ1) is 10.4. The molecule has 14 heavy (non-hydrogen) atoms. The summed E-state index contributed by atoms with van der Waals surface area (Å²) in [6.45, 7) is 0. The topological polar surface area (TPSA) is 85.8 Å². The Morgan fingerprint density at radius 3 is 2.57 bits per heavy atom. The smallest absolute Gasteiger partial charge is 0.282 e. The number of nitrogens with one attached hydrogen (secondary N) is 1. The van der Waals surface area contributed by atoms with Crippen molar-refractivity contribution in [2.45, 2.75) is 18.9 Å². The Hall–Kier alpha value is -1.66. The van der Waals surface area contributed by atoms with Crippen LogP contribution < -0.4 is 0 Å². The molecule has 78 valence electrons. The molecule has 7 heteroatoms. The second-order valence-electron chi connectivity index (χ2n) is 3.35. The fraction of sp³-hybridized carbons (Fsp3) is 0.714. The lowest BCUT2D eigenvalue weighted by Gasteiger charge is -2.10. The maximum atomic E-state index is 10.6. The Morgan fingerprint density at radius 2 is 2.21 bits per heavy atom. The molecular formula is C7H13N5O2. The number of rotatable bonds is 3. The van der Waals surface area contributed by atoms with Gasteiger partial charge in [0.15, 0.2) is 5.03 Å². The summed E-state index contributed by atoms with van der Waals surface area (Å²) in [7, 11) is 3.48. The van der Waals surface area contributed by atoms with Crippen molar-refractivity contribution in [1.29, 1.82) is 5.41 Å². The fourth-order valence-corrected chi connectivity index (χ4v) is 0.932. The quantitative estimate of drug-likeness (QED) is 0.304. The largest absolute Gasteiger partial charge is 0.369 e. The van der Waals surface area contributed by atoms with Crippen LogP contribution in [-0.4, -0.2) is 47.4 Å². The van der Waals surface area contributed by atoms with E-state index < -0.39 is 5.03 Å². The highest BCUT2D eigenvalue weighted by Crippen LogP contribution is 2.26. The Balaban J connectivity index is 2.59. The van der Waals surface area contributed by atoms with Crippen LogP contribution in [0.15, 0.2) is 4.99 Å². The highest BCUT2D eigenvalue weighted by Gasteiger charge is 2.39. The summed E-state index contributed by atoms with van der Waals surface area (Å²) in [5.74, 6) is -0.314. The lowest BCUT2D eigenvalue weighted by Crippen LogP contribution is -2.37. The zero-order chi connectivity index (χ0) is 10.7. The van der Waals surface area contributed by atoms with Gasteiger partial charge in [0.2, 0.25) is 0 Å². The number of nitro groups is 1. The zero-order valence-corrected chi connectivity index (χ0v) is 8.17. The fourth-order valence-electron chi connectivity index (χ4n) is 0.932. The van der Waals surface area contributed by atoms with Crippen LogP contribution in [-0.2, 0) is 0 Å². The van der Waals surface area contributed by atoms with Crippen molar-refractivity contribution in [3.05, 3.63) is 10.1 Å². The molecule has 7 nitrogen and oxygen atoms in total. The van der Waals surface area contributed by atoms with Gasteiger partial charge in [-0.2, -0.15) is 4.99 Å². The molecule has 1 rings (SSSR count). The summed E-state index contributed by atoms with van der Waals surface area (Å²) in [5.41, 5.74) is 0. The van der Waals surface area contributed by atoms with Gasteiger partial charge in [-0.25, -0.2) is 10.1 Å². The molecule has 0 aromatic carbocycles. The second kappa shape index (κ2) is 4.03. The maximum Gasteiger partial charge on any atom is 0.282 e. The Labute approximate surface area is 81.6 Å². The van der Waals surface area contributed by atoms with Gasteiger partial charge in [-0.1, -0.05) is 5.01 Å². The van der Waals surface area contributed by atoms with Gasteiger partial charge in [0, 0.05) is 14.1 Å². The van der Waals surface area contributed by atoms with E-state index in [0.717, 1.165) is 17.9 Å². The highest BCUT2D eigenvalue weighted by molar-refractivity contribution is 5.84. The third-order valence-corrected chi connectivity index (χ3v) is 1.70. The molecule has 0 aromatic heterocycles. The standard InChI is InChI=1S/C7H13N5O2/c1-10(2)5-9-7(8)11(12(13)14)6-3-4-6/h5-6,8H,3-4H2,1-2H3.